The van der Waals surface area contributed by atoms with Gasteiger partial charge in [0.1, 0.15) is 5.82 Å². The quantitative estimate of drug-likeness (QED) is 0.680. The zero-order valence-electron chi connectivity index (χ0n) is 14.4. The van der Waals surface area contributed by atoms with Gasteiger partial charge in [0.15, 0.2) is 0 Å². The Morgan fingerprint density at radius 2 is 1.74 bits per heavy atom. The first-order chi connectivity index (χ1) is 12.8. The summed E-state index contributed by atoms with van der Waals surface area (Å²) in [6.07, 6.45) is 1.59. The predicted octanol–water partition coefficient (Wildman–Crippen LogP) is 3.11. The number of rotatable bonds is 5. The normalized spacial score (nSPS) is 11.4. The van der Waals surface area contributed by atoms with Crippen molar-refractivity contribution in [1.82, 2.24) is 4.57 Å². The SMILES string of the molecule is CCOC(=O)c1cc(-c2ccc(F)cc2)n(-c2ccc(S(N)(=O)=O)cc2)c1. The highest BCUT2D eigenvalue weighted by molar-refractivity contribution is 7.89. The molecule has 3 aromatic rings. The van der Waals surface area contributed by atoms with Crippen molar-refractivity contribution in [3.63, 3.8) is 0 Å². The van der Waals surface area contributed by atoms with Gasteiger partial charge in [0.05, 0.1) is 22.8 Å². The molecule has 27 heavy (non-hydrogen) atoms. The van der Waals surface area contributed by atoms with Gasteiger partial charge in [-0.2, -0.15) is 0 Å². The standard InChI is InChI=1S/C19H17FN2O4S/c1-2-26-19(23)14-11-18(13-3-5-15(20)6-4-13)22(12-14)16-7-9-17(10-8-16)27(21,24)25/h3-12H,2H2,1H3,(H2,21,24,25). The molecular weight excluding hydrogens is 371 g/mol. The Bertz CT molecular complexity index is 1070. The van der Waals surface area contributed by atoms with Crippen molar-refractivity contribution in [2.75, 3.05) is 6.61 Å². The van der Waals surface area contributed by atoms with Gasteiger partial charge in [-0.1, -0.05) is 0 Å². The largest absolute Gasteiger partial charge is 0.462 e. The van der Waals surface area contributed by atoms with Gasteiger partial charge < -0.3 is 9.30 Å². The molecule has 6 nitrogen and oxygen atoms in total. The molecule has 1 heterocycles. The molecule has 0 spiro atoms. The first kappa shape index (κ1) is 18.8. The van der Waals surface area contributed by atoms with Gasteiger partial charge in [-0.05, 0) is 67.1 Å². The van der Waals surface area contributed by atoms with Crippen LogP contribution in [0.4, 0.5) is 4.39 Å². The molecule has 0 saturated heterocycles. The number of ether oxygens (including phenoxy) is 1. The summed E-state index contributed by atoms with van der Waals surface area (Å²) >= 11 is 0. The lowest BCUT2D eigenvalue weighted by molar-refractivity contribution is 0.0526. The number of halogens is 1. The third kappa shape index (κ3) is 4.07. The van der Waals surface area contributed by atoms with Gasteiger partial charge in [0.25, 0.3) is 0 Å². The molecule has 0 aliphatic heterocycles. The van der Waals surface area contributed by atoms with E-state index in [9.17, 15) is 17.6 Å². The van der Waals surface area contributed by atoms with E-state index in [4.69, 9.17) is 9.88 Å². The first-order valence-corrected chi connectivity index (χ1v) is 9.63. The fraction of sp³-hybridized carbons (Fsp3) is 0.105. The topological polar surface area (TPSA) is 91.4 Å². The van der Waals surface area contributed by atoms with Gasteiger partial charge in [-0.25, -0.2) is 22.7 Å². The minimum absolute atomic E-state index is 0.0210. The summed E-state index contributed by atoms with van der Waals surface area (Å²) in [6, 6.07) is 13.4. The molecule has 1 aromatic heterocycles. The summed E-state index contributed by atoms with van der Waals surface area (Å²) in [5.41, 5.74) is 2.24. The van der Waals surface area contributed by atoms with Gasteiger partial charge in [0, 0.05) is 11.9 Å². The first-order valence-electron chi connectivity index (χ1n) is 8.08. The molecule has 0 radical (unpaired) electrons. The molecule has 8 heteroatoms. The number of carbonyl (C=O) groups excluding carboxylic acids is 1. The zero-order chi connectivity index (χ0) is 19.6. The van der Waals surface area contributed by atoms with Gasteiger partial charge in [0.2, 0.25) is 10.0 Å². The molecule has 0 aliphatic rings. The number of esters is 1. The smallest absolute Gasteiger partial charge is 0.339 e. The van der Waals surface area contributed by atoms with E-state index in [1.807, 2.05) is 0 Å². The minimum Gasteiger partial charge on any atom is -0.462 e. The summed E-state index contributed by atoms with van der Waals surface area (Å²) in [5.74, 6) is -0.860. The van der Waals surface area contributed by atoms with E-state index in [2.05, 4.69) is 0 Å². The fourth-order valence-corrected chi connectivity index (χ4v) is 3.16. The minimum atomic E-state index is -3.81. The van der Waals surface area contributed by atoms with Crippen molar-refractivity contribution in [2.24, 2.45) is 5.14 Å². The highest BCUT2D eigenvalue weighted by Crippen LogP contribution is 2.27. The van der Waals surface area contributed by atoms with E-state index in [0.717, 1.165) is 0 Å². The van der Waals surface area contributed by atoms with Gasteiger partial charge in [-0.15, -0.1) is 0 Å². The van der Waals surface area contributed by atoms with Crippen LogP contribution >= 0.6 is 0 Å². The summed E-state index contributed by atoms with van der Waals surface area (Å²) in [4.78, 5) is 12.1. The molecule has 0 aliphatic carbocycles. The number of aromatic nitrogens is 1. The van der Waals surface area contributed by atoms with E-state index < -0.39 is 16.0 Å². The van der Waals surface area contributed by atoms with Crippen molar-refractivity contribution in [2.45, 2.75) is 11.8 Å². The Labute approximate surface area is 156 Å². The third-order valence-electron chi connectivity index (χ3n) is 3.91. The van der Waals surface area contributed by atoms with Crippen LogP contribution in [0.3, 0.4) is 0 Å². The monoisotopic (exact) mass is 388 g/mol. The Morgan fingerprint density at radius 1 is 1.11 bits per heavy atom. The van der Waals surface area contributed by atoms with E-state index in [1.165, 1.54) is 24.3 Å². The lowest BCUT2D eigenvalue weighted by Crippen LogP contribution is -2.12. The number of nitrogens with zero attached hydrogens (tertiary/aromatic N) is 1. The molecule has 0 fully saturated rings. The number of primary sulfonamides is 1. The molecule has 0 atom stereocenters. The number of carbonyl (C=O) groups is 1. The van der Waals surface area contributed by atoms with E-state index >= 15 is 0 Å². The van der Waals surface area contributed by atoms with Crippen molar-refractivity contribution >= 4 is 16.0 Å². The molecule has 0 unspecified atom stereocenters. The Kier molecular flexibility index (Phi) is 5.11. The van der Waals surface area contributed by atoms with Crippen LogP contribution in [0.25, 0.3) is 16.9 Å². The Hall–Kier alpha value is -2.97. The van der Waals surface area contributed by atoms with Crippen LogP contribution in [-0.2, 0) is 14.8 Å². The third-order valence-corrected chi connectivity index (χ3v) is 4.84. The molecule has 3 rings (SSSR count). The van der Waals surface area contributed by atoms with Crippen LogP contribution in [0.15, 0.2) is 65.7 Å². The van der Waals surface area contributed by atoms with Crippen LogP contribution < -0.4 is 5.14 Å². The number of benzene rings is 2. The average molecular weight is 388 g/mol. The second-order valence-corrected chi connectivity index (χ2v) is 7.31. The average Bonchev–Trinajstić information content (AvgIpc) is 3.07. The number of hydrogen-bond donors (Lipinski definition) is 1. The predicted molar refractivity (Wildman–Crippen MR) is 98.5 cm³/mol. The number of nitrogens with two attached hydrogens (primary N) is 1. The highest BCUT2D eigenvalue weighted by atomic mass is 32.2. The molecule has 0 bridgehead atoms. The second-order valence-electron chi connectivity index (χ2n) is 5.75. The van der Waals surface area contributed by atoms with E-state index in [-0.39, 0.29) is 17.3 Å². The van der Waals surface area contributed by atoms with Crippen molar-refractivity contribution in [1.29, 1.82) is 0 Å². The van der Waals surface area contributed by atoms with Crippen LogP contribution in [0.5, 0.6) is 0 Å². The molecule has 140 valence electrons. The van der Waals surface area contributed by atoms with Gasteiger partial charge in [-0.3, -0.25) is 0 Å². The summed E-state index contributed by atoms with van der Waals surface area (Å²) in [7, 11) is -3.81. The van der Waals surface area contributed by atoms with Crippen LogP contribution in [0.2, 0.25) is 0 Å². The van der Waals surface area contributed by atoms with Crippen molar-refractivity contribution in [3.05, 3.63) is 72.2 Å². The van der Waals surface area contributed by atoms with Gasteiger partial charge >= 0.3 is 5.97 Å². The Morgan fingerprint density at radius 3 is 2.30 bits per heavy atom. The maximum absolute atomic E-state index is 13.3. The number of hydrogen-bond acceptors (Lipinski definition) is 4. The van der Waals surface area contributed by atoms with E-state index in [0.29, 0.717) is 22.5 Å². The van der Waals surface area contributed by atoms with Crippen molar-refractivity contribution < 1.29 is 22.3 Å². The molecular formula is C19H17FN2O4S. The molecule has 0 amide bonds. The summed E-state index contributed by atoms with van der Waals surface area (Å²) < 4.78 is 42.9. The van der Waals surface area contributed by atoms with Crippen LogP contribution in [0, 0.1) is 5.82 Å². The fourth-order valence-electron chi connectivity index (χ4n) is 2.64. The molecule has 2 aromatic carbocycles. The Balaban J connectivity index is 2.12. The van der Waals surface area contributed by atoms with E-state index in [1.54, 1.807) is 48.0 Å². The second kappa shape index (κ2) is 7.34. The van der Waals surface area contributed by atoms with Crippen LogP contribution in [0.1, 0.15) is 17.3 Å². The van der Waals surface area contributed by atoms with Crippen LogP contribution in [-0.4, -0.2) is 25.6 Å². The number of sulfonamides is 1. The molecule has 2 N–H and O–H groups in total. The van der Waals surface area contributed by atoms with Crippen molar-refractivity contribution in [3.8, 4) is 16.9 Å². The zero-order valence-corrected chi connectivity index (χ0v) is 15.2. The maximum Gasteiger partial charge on any atom is 0.339 e. The highest BCUT2D eigenvalue weighted by Gasteiger charge is 2.16. The molecule has 0 saturated carbocycles. The lowest BCUT2D eigenvalue weighted by Gasteiger charge is -2.10. The lowest BCUT2D eigenvalue weighted by atomic mass is 10.1. The summed E-state index contributed by atoms with van der Waals surface area (Å²) in [5, 5.41) is 5.13. The maximum atomic E-state index is 13.3. The summed E-state index contributed by atoms with van der Waals surface area (Å²) in [6.45, 7) is 1.95.